The predicted octanol–water partition coefficient (Wildman–Crippen LogP) is 0.774. The number of sulfone groups is 1. The summed E-state index contributed by atoms with van der Waals surface area (Å²) >= 11 is 0. The molecule has 1 N–H and O–H groups in total. The Labute approximate surface area is 111 Å². The van der Waals surface area contributed by atoms with Crippen molar-refractivity contribution in [2.45, 2.75) is 19.8 Å². The van der Waals surface area contributed by atoms with Crippen molar-refractivity contribution in [3.63, 3.8) is 0 Å². The summed E-state index contributed by atoms with van der Waals surface area (Å²) < 4.78 is 22.7. The average molecular weight is 285 g/mol. The lowest BCUT2D eigenvalue weighted by atomic mass is 9.97. The maximum atomic E-state index is 11.4. The van der Waals surface area contributed by atoms with Crippen molar-refractivity contribution in [1.29, 1.82) is 0 Å². The molecule has 1 heterocycles. The highest BCUT2D eigenvalue weighted by Gasteiger charge is 2.19. The van der Waals surface area contributed by atoms with E-state index in [-0.39, 0.29) is 18.2 Å². The minimum Gasteiger partial charge on any atom is -0.319 e. The van der Waals surface area contributed by atoms with E-state index in [2.05, 4.69) is 10.2 Å². The van der Waals surface area contributed by atoms with E-state index in [9.17, 15) is 8.42 Å². The first kappa shape index (κ1) is 17.2. The van der Waals surface area contributed by atoms with Gasteiger partial charge in [0.25, 0.3) is 0 Å². The molecule has 1 aliphatic heterocycles. The predicted molar refractivity (Wildman–Crippen MR) is 74.7 cm³/mol. The van der Waals surface area contributed by atoms with Crippen LogP contribution in [0, 0.1) is 5.92 Å². The highest BCUT2D eigenvalue weighted by molar-refractivity contribution is 7.91. The molecule has 1 aliphatic rings. The second-order valence-electron chi connectivity index (χ2n) is 4.58. The summed E-state index contributed by atoms with van der Waals surface area (Å²) in [5.41, 5.74) is 0. The van der Waals surface area contributed by atoms with Crippen LogP contribution in [0.4, 0.5) is 0 Å². The number of hydrogen-bond acceptors (Lipinski definition) is 4. The summed E-state index contributed by atoms with van der Waals surface area (Å²) in [6.45, 7) is 5.61. The van der Waals surface area contributed by atoms with Crippen molar-refractivity contribution < 1.29 is 8.42 Å². The zero-order valence-electron chi connectivity index (χ0n) is 10.8. The molecule has 0 aromatic carbocycles. The van der Waals surface area contributed by atoms with Crippen molar-refractivity contribution >= 4 is 22.2 Å². The maximum absolute atomic E-state index is 11.4. The quantitative estimate of drug-likeness (QED) is 0.783. The van der Waals surface area contributed by atoms with Crippen LogP contribution in [0.5, 0.6) is 0 Å². The fourth-order valence-electron chi connectivity index (χ4n) is 2.12. The molecule has 0 amide bonds. The molecule has 1 fully saturated rings. The molecule has 1 rings (SSSR count). The van der Waals surface area contributed by atoms with E-state index in [1.807, 2.05) is 7.05 Å². The van der Waals surface area contributed by atoms with Gasteiger partial charge in [0.2, 0.25) is 0 Å². The van der Waals surface area contributed by atoms with Gasteiger partial charge in [0.05, 0.1) is 5.75 Å². The van der Waals surface area contributed by atoms with E-state index in [0.29, 0.717) is 12.3 Å². The number of piperidine rings is 1. The van der Waals surface area contributed by atoms with Crippen LogP contribution < -0.4 is 5.32 Å². The van der Waals surface area contributed by atoms with Gasteiger partial charge in [0, 0.05) is 12.3 Å². The van der Waals surface area contributed by atoms with Gasteiger partial charge < -0.3 is 10.2 Å². The molecule has 17 heavy (non-hydrogen) atoms. The lowest BCUT2D eigenvalue weighted by Gasteiger charge is -2.31. The minimum absolute atomic E-state index is 0. The third-order valence-electron chi connectivity index (χ3n) is 3.36. The van der Waals surface area contributed by atoms with Crippen molar-refractivity contribution in [3.05, 3.63) is 0 Å². The van der Waals surface area contributed by atoms with Crippen LogP contribution in [-0.2, 0) is 9.84 Å². The summed E-state index contributed by atoms with van der Waals surface area (Å²) in [7, 11) is -0.810. The molecular weight excluding hydrogens is 260 g/mol. The van der Waals surface area contributed by atoms with Crippen molar-refractivity contribution in [2.24, 2.45) is 5.92 Å². The van der Waals surface area contributed by atoms with Crippen LogP contribution >= 0.6 is 12.4 Å². The topological polar surface area (TPSA) is 49.4 Å². The number of nitrogens with zero attached hydrogens (tertiary/aromatic N) is 1. The zero-order chi connectivity index (χ0) is 12.0. The van der Waals surface area contributed by atoms with E-state index in [1.54, 1.807) is 6.92 Å². The van der Waals surface area contributed by atoms with Gasteiger partial charge in [-0.3, -0.25) is 0 Å². The molecule has 0 saturated carbocycles. The molecule has 104 valence electrons. The summed E-state index contributed by atoms with van der Waals surface area (Å²) in [6, 6.07) is 0. The lowest BCUT2D eigenvalue weighted by molar-refractivity contribution is 0.192. The molecule has 0 radical (unpaired) electrons. The molecule has 0 atom stereocenters. The molecule has 0 bridgehead atoms. The normalized spacial score (nSPS) is 18.9. The molecule has 0 unspecified atom stereocenters. The van der Waals surface area contributed by atoms with E-state index in [1.165, 1.54) is 12.8 Å². The second-order valence-corrected chi connectivity index (χ2v) is 7.05. The van der Waals surface area contributed by atoms with Crippen LogP contribution in [0.15, 0.2) is 0 Å². The molecule has 1 saturated heterocycles. The highest BCUT2D eigenvalue weighted by atomic mass is 35.5. The van der Waals surface area contributed by atoms with Gasteiger partial charge in [0.15, 0.2) is 9.84 Å². The van der Waals surface area contributed by atoms with E-state index >= 15 is 0 Å². The Morgan fingerprint density at radius 3 is 2.35 bits per heavy atom. The molecular formula is C11H25ClN2O2S. The number of nitrogens with one attached hydrogen (secondary N) is 1. The first-order valence-electron chi connectivity index (χ1n) is 6.14. The van der Waals surface area contributed by atoms with Crippen LogP contribution in [-0.4, -0.2) is 58.1 Å². The van der Waals surface area contributed by atoms with Crippen LogP contribution in [0.1, 0.15) is 19.8 Å². The smallest absolute Gasteiger partial charge is 0.151 e. The third-order valence-corrected chi connectivity index (χ3v) is 5.04. The fraction of sp³-hybridized carbons (Fsp3) is 1.00. The Kier molecular flexibility index (Phi) is 8.37. The Morgan fingerprint density at radius 1 is 1.29 bits per heavy atom. The molecule has 0 aromatic heterocycles. The first-order valence-corrected chi connectivity index (χ1v) is 7.97. The van der Waals surface area contributed by atoms with Crippen LogP contribution in [0.3, 0.4) is 0 Å². The third kappa shape index (κ3) is 6.60. The minimum atomic E-state index is -2.80. The molecule has 6 heteroatoms. The lowest BCUT2D eigenvalue weighted by Crippen LogP contribution is -2.39. The standard InChI is InChI=1S/C11H24N2O2S.ClH/c1-3-16(14,15)9-8-13-6-4-11(5-7-13)10-12-2;/h11-12H,3-10H2,1-2H3;1H. The Balaban J connectivity index is 0.00000256. The van der Waals surface area contributed by atoms with Gasteiger partial charge in [-0.15, -0.1) is 12.4 Å². The first-order chi connectivity index (χ1) is 7.57. The summed E-state index contributed by atoms with van der Waals surface area (Å²) in [4.78, 5) is 2.28. The maximum Gasteiger partial charge on any atom is 0.151 e. The van der Waals surface area contributed by atoms with Gasteiger partial charge in [-0.1, -0.05) is 6.92 Å². The number of halogens is 1. The number of rotatable bonds is 6. The number of hydrogen-bond donors (Lipinski definition) is 1. The molecule has 0 spiro atoms. The van der Waals surface area contributed by atoms with Gasteiger partial charge in [-0.05, 0) is 45.4 Å². The second kappa shape index (κ2) is 8.29. The van der Waals surface area contributed by atoms with E-state index < -0.39 is 9.84 Å². The Bertz CT molecular complexity index is 288. The van der Waals surface area contributed by atoms with Crippen LogP contribution in [0.25, 0.3) is 0 Å². The summed E-state index contributed by atoms with van der Waals surface area (Å²) in [5, 5.41) is 3.20. The van der Waals surface area contributed by atoms with E-state index in [4.69, 9.17) is 0 Å². The van der Waals surface area contributed by atoms with Gasteiger partial charge in [-0.25, -0.2) is 8.42 Å². The monoisotopic (exact) mass is 284 g/mol. The molecule has 0 aromatic rings. The summed E-state index contributed by atoms with van der Waals surface area (Å²) in [6.07, 6.45) is 2.38. The Hall–Kier alpha value is 0.160. The van der Waals surface area contributed by atoms with Crippen molar-refractivity contribution in [1.82, 2.24) is 10.2 Å². The zero-order valence-corrected chi connectivity index (χ0v) is 12.4. The van der Waals surface area contributed by atoms with Crippen molar-refractivity contribution in [3.8, 4) is 0 Å². The Morgan fingerprint density at radius 2 is 1.88 bits per heavy atom. The summed E-state index contributed by atoms with van der Waals surface area (Å²) in [5.74, 6) is 1.35. The largest absolute Gasteiger partial charge is 0.319 e. The van der Waals surface area contributed by atoms with Gasteiger partial charge >= 0.3 is 0 Å². The number of likely N-dealkylation sites (tertiary alicyclic amines) is 1. The molecule has 4 nitrogen and oxygen atoms in total. The van der Waals surface area contributed by atoms with Gasteiger partial charge in [0.1, 0.15) is 0 Å². The molecule has 0 aliphatic carbocycles. The van der Waals surface area contributed by atoms with E-state index in [0.717, 1.165) is 25.6 Å². The van der Waals surface area contributed by atoms with Crippen molar-refractivity contribution in [2.75, 3.05) is 44.7 Å². The fourth-order valence-corrected chi connectivity index (χ4v) is 2.94. The SMILES string of the molecule is CCS(=O)(=O)CCN1CCC(CNC)CC1.Cl. The van der Waals surface area contributed by atoms with Crippen LogP contribution in [0.2, 0.25) is 0 Å². The van der Waals surface area contributed by atoms with Gasteiger partial charge in [-0.2, -0.15) is 0 Å². The average Bonchev–Trinajstić information content (AvgIpc) is 2.29. The highest BCUT2D eigenvalue weighted by Crippen LogP contribution is 2.15.